The second-order valence-corrected chi connectivity index (χ2v) is 8.63. The Labute approximate surface area is 149 Å². The van der Waals surface area contributed by atoms with Crippen molar-refractivity contribution in [1.82, 2.24) is 14.5 Å². The Kier molecular flexibility index (Phi) is 5.56. The molecule has 0 saturated carbocycles. The smallest absolute Gasteiger partial charge is 0.227 e. The highest BCUT2D eigenvalue weighted by molar-refractivity contribution is 7.90. The van der Waals surface area contributed by atoms with Gasteiger partial charge >= 0.3 is 0 Å². The van der Waals surface area contributed by atoms with E-state index < -0.39 is 9.84 Å². The van der Waals surface area contributed by atoms with Crippen LogP contribution in [0.1, 0.15) is 24.1 Å². The van der Waals surface area contributed by atoms with Crippen LogP contribution in [-0.2, 0) is 29.3 Å². The number of imidazole rings is 1. The Morgan fingerprint density at radius 2 is 2.04 bits per heavy atom. The number of benzene rings is 1. The van der Waals surface area contributed by atoms with Crippen LogP contribution < -0.4 is 0 Å². The second kappa shape index (κ2) is 7.68. The van der Waals surface area contributed by atoms with Crippen molar-refractivity contribution >= 4 is 9.84 Å². The van der Waals surface area contributed by atoms with Crippen molar-refractivity contribution in [2.45, 2.75) is 43.6 Å². The maximum absolute atomic E-state index is 12.1. The van der Waals surface area contributed by atoms with E-state index >= 15 is 0 Å². The number of β-amino-alcohol motifs (C(OH)–C–C–N with tert-alkyl or cyclic N) is 1. The van der Waals surface area contributed by atoms with Gasteiger partial charge in [-0.25, -0.2) is 13.4 Å². The predicted octanol–water partition coefficient (Wildman–Crippen LogP) is 1.49. The topological polar surface area (TPSA) is 75.4 Å². The molecule has 0 aliphatic carbocycles. The lowest BCUT2D eigenvalue weighted by Crippen LogP contribution is -2.24. The van der Waals surface area contributed by atoms with Gasteiger partial charge in [-0.05, 0) is 24.8 Å². The lowest BCUT2D eigenvalue weighted by atomic mass is 10.1. The van der Waals surface area contributed by atoms with E-state index in [1.165, 1.54) is 11.8 Å². The van der Waals surface area contributed by atoms with E-state index in [0.29, 0.717) is 19.6 Å². The molecule has 3 rings (SSSR count). The van der Waals surface area contributed by atoms with Gasteiger partial charge in [0, 0.05) is 32.4 Å². The summed E-state index contributed by atoms with van der Waals surface area (Å²) in [7, 11) is -3.37. The molecule has 1 saturated heterocycles. The van der Waals surface area contributed by atoms with Crippen molar-refractivity contribution in [2.75, 3.05) is 19.3 Å². The van der Waals surface area contributed by atoms with Gasteiger partial charge in [0.25, 0.3) is 0 Å². The van der Waals surface area contributed by atoms with Gasteiger partial charge in [0.1, 0.15) is 0 Å². The van der Waals surface area contributed by atoms with Gasteiger partial charge in [0.2, 0.25) is 15.0 Å². The monoisotopic (exact) mass is 363 g/mol. The molecule has 1 aliphatic heterocycles. The quantitative estimate of drug-likeness (QED) is 0.807. The first-order valence-electron chi connectivity index (χ1n) is 8.62. The van der Waals surface area contributed by atoms with Crippen LogP contribution in [0.2, 0.25) is 0 Å². The molecule has 136 valence electrons. The van der Waals surface area contributed by atoms with Gasteiger partial charge in [-0.2, -0.15) is 0 Å². The molecular formula is C18H25N3O3S. The molecule has 1 aliphatic rings. The molecule has 1 aromatic carbocycles. The molecule has 25 heavy (non-hydrogen) atoms. The number of aliphatic hydroxyl groups excluding tert-OH is 1. The maximum Gasteiger partial charge on any atom is 0.227 e. The van der Waals surface area contributed by atoms with Crippen LogP contribution in [0.5, 0.6) is 0 Å². The minimum absolute atomic E-state index is 0.135. The molecule has 0 spiro atoms. The molecule has 2 heterocycles. The molecule has 0 bridgehead atoms. The van der Waals surface area contributed by atoms with E-state index in [2.05, 4.69) is 22.0 Å². The molecule has 0 radical (unpaired) electrons. The van der Waals surface area contributed by atoms with Crippen molar-refractivity contribution < 1.29 is 13.5 Å². The zero-order valence-corrected chi connectivity index (χ0v) is 15.3. The molecule has 0 unspecified atom stereocenters. The summed E-state index contributed by atoms with van der Waals surface area (Å²) in [5.41, 5.74) is 2.13. The summed E-state index contributed by atoms with van der Waals surface area (Å²) >= 11 is 0. The summed E-state index contributed by atoms with van der Waals surface area (Å²) in [5, 5.41) is 9.82. The number of aryl methyl sites for hydroxylation is 1. The van der Waals surface area contributed by atoms with Crippen molar-refractivity contribution in [3.8, 4) is 0 Å². The molecule has 6 nitrogen and oxygen atoms in total. The minimum atomic E-state index is -3.37. The average molecular weight is 363 g/mol. The van der Waals surface area contributed by atoms with E-state index in [0.717, 1.165) is 31.5 Å². The van der Waals surface area contributed by atoms with Crippen LogP contribution >= 0.6 is 0 Å². The summed E-state index contributed by atoms with van der Waals surface area (Å²) in [5.74, 6) is 0. The standard InChI is InChI=1S/C18H25N3O3S/c1-25(23,24)18-19-12-16(13-20-11-9-17(22)14-20)21(18)10-5-8-15-6-3-2-4-7-15/h2-4,6-7,12,17,22H,5,8-11,13-14H2,1H3/t17-/m0/s1. The molecule has 7 heteroatoms. The fourth-order valence-electron chi connectivity index (χ4n) is 3.32. The van der Waals surface area contributed by atoms with Crippen LogP contribution in [0.4, 0.5) is 0 Å². The second-order valence-electron chi connectivity index (χ2n) is 6.72. The molecular weight excluding hydrogens is 338 g/mol. The average Bonchev–Trinajstić information content (AvgIpc) is 3.15. The Balaban J connectivity index is 1.73. The van der Waals surface area contributed by atoms with Gasteiger partial charge in [0.05, 0.1) is 18.0 Å². The highest BCUT2D eigenvalue weighted by Gasteiger charge is 2.24. The molecule has 1 fully saturated rings. The number of likely N-dealkylation sites (tertiary alicyclic amines) is 1. The highest BCUT2D eigenvalue weighted by atomic mass is 32.2. The van der Waals surface area contributed by atoms with E-state index in [1.54, 1.807) is 6.20 Å². The maximum atomic E-state index is 12.1. The van der Waals surface area contributed by atoms with Crippen molar-refractivity contribution in [3.05, 3.63) is 47.8 Å². The van der Waals surface area contributed by atoms with E-state index in [4.69, 9.17) is 0 Å². The molecule has 1 N–H and O–H groups in total. The number of sulfone groups is 1. The number of rotatable bonds is 7. The fraction of sp³-hybridized carbons (Fsp3) is 0.500. The lowest BCUT2D eigenvalue weighted by Gasteiger charge is -2.17. The zero-order valence-electron chi connectivity index (χ0n) is 14.5. The van der Waals surface area contributed by atoms with Gasteiger partial charge < -0.3 is 9.67 Å². The lowest BCUT2D eigenvalue weighted by molar-refractivity contribution is 0.174. The number of hydrogen-bond donors (Lipinski definition) is 1. The number of hydrogen-bond acceptors (Lipinski definition) is 5. The third kappa shape index (κ3) is 4.68. The van der Waals surface area contributed by atoms with Gasteiger partial charge in [-0.3, -0.25) is 4.90 Å². The van der Waals surface area contributed by atoms with Crippen molar-refractivity contribution in [2.24, 2.45) is 0 Å². The van der Waals surface area contributed by atoms with Gasteiger partial charge in [0.15, 0.2) is 0 Å². The van der Waals surface area contributed by atoms with E-state index in [9.17, 15) is 13.5 Å². The third-order valence-corrected chi connectivity index (χ3v) is 5.55. The first-order valence-corrected chi connectivity index (χ1v) is 10.5. The fourth-order valence-corrected chi connectivity index (χ4v) is 4.18. The molecule has 1 atom stereocenters. The number of aliphatic hydroxyl groups is 1. The van der Waals surface area contributed by atoms with Crippen LogP contribution in [0.3, 0.4) is 0 Å². The normalized spacial score (nSPS) is 18.7. The van der Waals surface area contributed by atoms with E-state index in [-0.39, 0.29) is 11.3 Å². The number of nitrogens with zero attached hydrogens (tertiary/aromatic N) is 3. The van der Waals surface area contributed by atoms with Crippen LogP contribution in [0, 0.1) is 0 Å². The largest absolute Gasteiger partial charge is 0.392 e. The Bertz CT molecular complexity index is 802. The molecule has 0 amide bonds. The summed E-state index contributed by atoms with van der Waals surface area (Å²) in [4.78, 5) is 6.30. The van der Waals surface area contributed by atoms with E-state index in [1.807, 2.05) is 22.8 Å². The van der Waals surface area contributed by atoms with Crippen molar-refractivity contribution in [3.63, 3.8) is 0 Å². The third-order valence-electron chi connectivity index (χ3n) is 4.56. The SMILES string of the molecule is CS(=O)(=O)c1ncc(CN2CC[C@H](O)C2)n1CCCc1ccccc1. The van der Waals surface area contributed by atoms with Crippen LogP contribution in [0.15, 0.2) is 41.7 Å². The summed E-state index contributed by atoms with van der Waals surface area (Å²) in [6.07, 6.45) is 5.07. The van der Waals surface area contributed by atoms with Gasteiger partial charge in [-0.1, -0.05) is 30.3 Å². The first kappa shape index (κ1) is 18.1. The van der Waals surface area contributed by atoms with Gasteiger partial charge in [-0.15, -0.1) is 0 Å². The molecule has 1 aromatic heterocycles. The first-order chi connectivity index (χ1) is 11.9. The van der Waals surface area contributed by atoms with Crippen LogP contribution in [0.25, 0.3) is 0 Å². The minimum Gasteiger partial charge on any atom is -0.392 e. The Hall–Kier alpha value is -1.70. The zero-order chi connectivity index (χ0) is 17.9. The summed E-state index contributed by atoms with van der Waals surface area (Å²) in [6.45, 7) is 2.68. The summed E-state index contributed by atoms with van der Waals surface area (Å²) < 4.78 is 25.9. The van der Waals surface area contributed by atoms with Crippen molar-refractivity contribution in [1.29, 1.82) is 0 Å². The van der Waals surface area contributed by atoms with Crippen LogP contribution in [-0.4, -0.2) is 53.4 Å². The summed E-state index contributed by atoms with van der Waals surface area (Å²) in [6, 6.07) is 10.2. The Morgan fingerprint density at radius 3 is 2.68 bits per heavy atom. The Morgan fingerprint density at radius 1 is 1.28 bits per heavy atom. The molecule has 2 aromatic rings. The highest BCUT2D eigenvalue weighted by Crippen LogP contribution is 2.18. The predicted molar refractivity (Wildman–Crippen MR) is 96.0 cm³/mol. The number of aromatic nitrogens is 2.